The van der Waals surface area contributed by atoms with Gasteiger partial charge in [0.2, 0.25) is 5.91 Å². The molecule has 0 bridgehead atoms. The summed E-state index contributed by atoms with van der Waals surface area (Å²) in [7, 11) is 5.71. The molecule has 2 aromatic carbocycles. The third-order valence-corrected chi connectivity index (χ3v) is 4.41. The molecule has 25 heavy (non-hydrogen) atoms. The van der Waals surface area contributed by atoms with Crippen molar-refractivity contribution in [3.63, 3.8) is 0 Å². The Balaban J connectivity index is 1.93. The van der Waals surface area contributed by atoms with E-state index in [0.717, 1.165) is 17.7 Å². The summed E-state index contributed by atoms with van der Waals surface area (Å²) in [6, 6.07) is 16.4. The number of hydrogen-bond acceptors (Lipinski definition) is 3. The summed E-state index contributed by atoms with van der Waals surface area (Å²) in [6.07, 6.45) is 1.41. The van der Waals surface area contributed by atoms with E-state index in [-0.39, 0.29) is 11.9 Å². The fourth-order valence-corrected chi connectivity index (χ4v) is 2.78. The van der Waals surface area contributed by atoms with Gasteiger partial charge >= 0.3 is 0 Å². The minimum Gasteiger partial charge on any atom is -0.497 e. The normalized spacial score (nSPS) is 12.0. The number of ether oxygens (including phenoxy) is 1. The minimum absolute atomic E-state index is 0.0298. The molecule has 1 unspecified atom stereocenters. The predicted octanol–water partition coefficient (Wildman–Crippen LogP) is 3.22. The maximum Gasteiger partial charge on any atom is 0.224 e. The molecular weight excluding hydrogens is 312 g/mol. The van der Waals surface area contributed by atoms with Crippen molar-refractivity contribution < 1.29 is 9.53 Å². The Labute approximate surface area is 150 Å². The maximum absolute atomic E-state index is 12.3. The van der Waals surface area contributed by atoms with Gasteiger partial charge in [0.1, 0.15) is 5.75 Å². The number of carbonyl (C=O) groups is 1. The van der Waals surface area contributed by atoms with E-state index in [1.807, 2.05) is 38.4 Å². The van der Waals surface area contributed by atoms with Gasteiger partial charge in [-0.3, -0.25) is 4.79 Å². The molecule has 0 aromatic heterocycles. The van der Waals surface area contributed by atoms with Crippen LogP contribution in [-0.2, 0) is 17.6 Å². The van der Waals surface area contributed by atoms with Crippen molar-refractivity contribution in [1.82, 2.24) is 10.2 Å². The van der Waals surface area contributed by atoms with Gasteiger partial charge in [-0.1, -0.05) is 43.3 Å². The predicted molar refractivity (Wildman–Crippen MR) is 102 cm³/mol. The first-order valence-electron chi connectivity index (χ1n) is 8.68. The molecule has 0 aliphatic heterocycles. The highest BCUT2D eigenvalue weighted by molar-refractivity contribution is 5.78. The molecule has 1 atom stereocenters. The van der Waals surface area contributed by atoms with Crippen molar-refractivity contribution in [3.05, 3.63) is 65.2 Å². The third kappa shape index (κ3) is 5.61. The molecule has 0 aliphatic carbocycles. The number of rotatable bonds is 8. The lowest BCUT2D eigenvalue weighted by Crippen LogP contribution is -2.35. The van der Waals surface area contributed by atoms with Crippen LogP contribution >= 0.6 is 0 Å². The Morgan fingerprint density at radius 3 is 2.16 bits per heavy atom. The standard InChI is InChI=1S/C21H28N2O2/c1-5-16-6-10-18(11-7-16)20(23(2)3)15-22-21(24)14-17-8-12-19(25-4)13-9-17/h6-13,20H,5,14-15H2,1-4H3,(H,22,24). The first-order valence-corrected chi connectivity index (χ1v) is 8.68. The zero-order chi connectivity index (χ0) is 18.2. The number of methoxy groups -OCH3 is 1. The number of likely N-dealkylation sites (N-methyl/N-ethyl adjacent to an activating group) is 1. The number of benzene rings is 2. The van der Waals surface area contributed by atoms with E-state index in [4.69, 9.17) is 4.74 Å². The van der Waals surface area contributed by atoms with Gasteiger partial charge in [0.25, 0.3) is 0 Å². The highest BCUT2D eigenvalue weighted by Crippen LogP contribution is 2.18. The number of carbonyl (C=O) groups excluding carboxylic acids is 1. The largest absolute Gasteiger partial charge is 0.497 e. The second kappa shape index (κ2) is 9.23. The molecule has 0 saturated carbocycles. The Morgan fingerprint density at radius 2 is 1.64 bits per heavy atom. The Hall–Kier alpha value is -2.33. The van der Waals surface area contributed by atoms with Crippen LogP contribution in [0.1, 0.15) is 29.7 Å². The summed E-state index contributed by atoms with van der Waals surface area (Å²) in [4.78, 5) is 14.4. The Morgan fingerprint density at radius 1 is 1.04 bits per heavy atom. The van der Waals surface area contributed by atoms with E-state index >= 15 is 0 Å². The second-order valence-corrected chi connectivity index (χ2v) is 6.40. The van der Waals surface area contributed by atoms with Crippen LogP contribution in [0.15, 0.2) is 48.5 Å². The molecule has 1 amide bonds. The van der Waals surface area contributed by atoms with Crippen molar-refractivity contribution in [2.24, 2.45) is 0 Å². The van der Waals surface area contributed by atoms with Crippen molar-refractivity contribution in [2.75, 3.05) is 27.7 Å². The number of aryl methyl sites for hydroxylation is 1. The molecule has 134 valence electrons. The van der Waals surface area contributed by atoms with Gasteiger partial charge < -0.3 is 15.0 Å². The summed E-state index contributed by atoms with van der Waals surface area (Å²) in [5.74, 6) is 0.828. The molecule has 0 fully saturated rings. The first kappa shape index (κ1) is 19.0. The number of nitrogens with zero attached hydrogens (tertiary/aromatic N) is 1. The van der Waals surface area contributed by atoms with Crippen molar-refractivity contribution in [3.8, 4) is 5.75 Å². The van der Waals surface area contributed by atoms with E-state index in [1.54, 1.807) is 7.11 Å². The molecular formula is C21H28N2O2. The summed E-state index contributed by atoms with van der Waals surface area (Å²) in [5.41, 5.74) is 3.52. The summed E-state index contributed by atoms with van der Waals surface area (Å²) < 4.78 is 5.14. The SMILES string of the molecule is CCc1ccc(C(CNC(=O)Cc2ccc(OC)cc2)N(C)C)cc1. The number of hydrogen-bond donors (Lipinski definition) is 1. The quantitative estimate of drug-likeness (QED) is 0.802. The van der Waals surface area contributed by atoms with Gasteiger partial charge in [-0.05, 0) is 49.3 Å². The number of nitrogens with one attached hydrogen (secondary N) is 1. The molecule has 0 heterocycles. The van der Waals surface area contributed by atoms with Crippen molar-refractivity contribution in [1.29, 1.82) is 0 Å². The first-order chi connectivity index (χ1) is 12.0. The van der Waals surface area contributed by atoms with Gasteiger partial charge in [0, 0.05) is 6.54 Å². The molecule has 2 rings (SSSR count). The van der Waals surface area contributed by atoms with E-state index in [1.165, 1.54) is 11.1 Å². The highest BCUT2D eigenvalue weighted by atomic mass is 16.5. The average Bonchev–Trinajstić information content (AvgIpc) is 2.62. The Bertz CT molecular complexity index is 663. The summed E-state index contributed by atoms with van der Waals surface area (Å²) in [6.45, 7) is 2.74. The van der Waals surface area contributed by atoms with E-state index in [2.05, 4.69) is 41.4 Å². The zero-order valence-corrected chi connectivity index (χ0v) is 15.6. The fraction of sp³-hybridized carbons (Fsp3) is 0.381. The van der Waals surface area contributed by atoms with Gasteiger partial charge in [-0.25, -0.2) is 0 Å². The van der Waals surface area contributed by atoms with Crippen LogP contribution in [0.4, 0.5) is 0 Å². The molecule has 4 nitrogen and oxygen atoms in total. The van der Waals surface area contributed by atoms with Crippen LogP contribution in [-0.4, -0.2) is 38.6 Å². The van der Waals surface area contributed by atoms with Crippen molar-refractivity contribution in [2.45, 2.75) is 25.8 Å². The molecule has 1 N–H and O–H groups in total. The van der Waals surface area contributed by atoms with E-state index < -0.39 is 0 Å². The number of amides is 1. The molecule has 0 spiro atoms. The fourth-order valence-electron chi connectivity index (χ4n) is 2.78. The lowest BCUT2D eigenvalue weighted by atomic mass is 10.0. The van der Waals surface area contributed by atoms with Crippen LogP contribution in [0.2, 0.25) is 0 Å². The summed E-state index contributed by atoms with van der Waals surface area (Å²) in [5, 5.41) is 3.06. The summed E-state index contributed by atoms with van der Waals surface area (Å²) >= 11 is 0. The van der Waals surface area contributed by atoms with Crippen LogP contribution in [0, 0.1) is 0 Å². The lowest BCUT2D eigenvalue weighted by molar-refractivity contribution is -0.120. The van der Waals surface area contributed by atoms with Gasteiger partial charge in [-0.15, -0.1) is 0 Å². The van der Waals surface area contributed by atoms with Gasteiger partial charge in [-0.2, -0.15) is 0 Å². The topological polar surface area (TPSA) is 41.6 Å². The van der Waals surface area contributed by atoms with Crippen molar-refractivity contribution >= 4 is 5.91 Å². The van der Waals surface area contributed by atoms with Crippen LogP contribution in [0.5, 0.6) is 5.75 Å². The van der Waals surface area contributed by atoms with Crippen LogP contribution < -0.4 is 10.1 Å². The van der Waals surface area contributed by atoms with E-state index in [0.29, 0.717) is 13.0 Å². The van der Waals surface area contributed by atoms with Gasteiger partial charge in [0.15, 0.2) is 0 Å². The molecule has 0 aliphatic rings. The maximum atomic E-state index is 12.3. The smallest absolute Gasteiger partial charge is 0.224 e. The molecule has 4 heteroatoms. The molecule has 2 aromatic rings. The monoisotopic (exact) mass is 340 g/mol. The van der Waals surface area contributed by atoms with Crippen LogP contribution in [0.3, 0.4) is 0 Å². The third-order valence-electron chi connectivity index (χ3n) is 4.41. The average molecular weight is 340 g/mol. The lowest BCUT2D eigenvalue weighted by Gasteiger charge is -2.25. The highest BCUT2D eigenvalue weighted by Gasteiger charge is 2.15. The zero-order valence-electron chi connectivity index (χ0n) is 15.6. The second-order valence-electron chi connectivity index (χ2n) is 6.40. The Kier molecular flexibility index (Phi) is 7.02. The van der Waals surface area contributed by atoms with Gasteiger partial charge in [0.05, 0.1) is 19.6 Å². The molecule has 0 saturated heterocycles. The minimum atomic E-state index is 0.0298. The van der Waals surface area contributed by atoms with Crippen LogP contribution in [0.25, 0.3) is 0 Å². The molecule has 0 radical (unpaired) electrons. The van der Waals surface area contributed by atoms with E-state index in [9.17, 15) is 4.79 Å².